The lowest BCUT2D eigenvalue weighted by Gasteiger charge is -2.21. The first-order valence-corrected chi connectivity index (χ1v) is 6.36. The summed E-state index contributed by atoms with van der Waals surface area (Å²) in [4.78, 5) is 25.9. The van der Waals surface area contributed by atoms with Crippen LogP contribution in [0.15, 0.2) is 21.5 Å². The zero-order valence-electron chi connectivity index (χ0n) is 9.25. The van der Waals surface area contributed by atoms with E-state index in [-0.39, 0.29) is 23.1 Å². The minimum absolute atomic E-state index is 0.0536. The first-order valence-electron chi connectivity index (χ1n) is 5.56. The Balaban J connectivity index is 2.07. The third-order valence-electron chi connectivity index (χ3n) is 2.79. The number of H-pyrrole nitrogens is 1. The molecule has 1 atom stereocenters. The molecule has 6 heteroatoms. The monoisotopic (exact) mass is 299 g/mol. The molecule has 5 nitrogen and oxygen atoms in total. The average Bonchev–Trinajstić information content (AvgIpc) is 2.35. The number of aromatic nitrogens is 1. The van der Waals surface area contributed by atoms with Crippen molar-refractivity contribution >= 4 is 27.5 Å². The Morgan fingerprint density at radius 1 is 1.53 bits per heavy atom. The van der Waals surface area contributed by atoms with Crippen molar-refractivity contribution in [3.05, 3.63) is 27.1 Å². The van der Waals surface area contributed by atoms with Crippen molar-refractivity contribution in [2.75, 3.05) is 18.4 Å². The van der Waals surface area contributed by atoms with E-state index in [1.807, 2.05) is 0 Å². The molecule has 92 valence electrons. The van der Waals surface area contributed by atoms with E-state index in [4.69, 9.17) is 0 Å². The van der Waals surface area contributed by atoms with Crippen LogP contribution in [0.4, 0.5) is 5.69 Å². The molecule has 3 N–H and O–H groups in total. The van der Waals surface area contributed by atoms with Gasteiger partial charge in [0.15, 0.2) is 0 Å². The molecule has 2 rings (SSSR count). The summed E-state index contributed by atoms with van der Waals surface area (Å²) >= 11 is 3.25. The molecule has 1 unspecified atom stereocenters. The fraction of sp³-hybridized carbons (Fsp3) is 0.455. The van der Waals surface area contributed by atoms with Crippen LogP contribution >= 0.6 is 15.9 Å². The summed E-state index contributed by atoms with van der Waals surface area (Å²) in [6.07, 6.45) is 3.40. The molecule has 1 aliphatic heterocycles. The molecular weight excluding hydrogens is 286 g/mol. The lowest BCUT2D eigenvalue weighted by atomic mass is 9.99. The maximum Gasteiger partial charge on any atom is 0.271 e. The van der Waals surface area contributed by atoms with E-state index < -0.39 is 0 Å². The fourth-order valence-corrected chi connectivity index (χ4v) is 2.20. The van der Waals surface area contributed by atoms with Gasteiger partial charge in [-0.05, 0) is 41.4 Å². The lowest BCUT2D eigenvalue weighted by molar-refractivity contribution is -0.120. The lowest BCUT2D eigenvalue weighted by Crippen LogP contribution is -2.38. The molecule has 1 aromatic rings. The minimum atomic E-state index is -0.287. The van der Waals surface area contributed by atoms with Gasteiger partial charge < -0.3 is 15.6 Å². The maximum atomic E-state index is 11.9. The van der Waals surface area contributed by atoms with Gasteiger partial charge in [0, 0.05) is 17.2 Å². The van der Waals surface area contributed by atoms with E-state index in [9.17, 15) is 9.59 Å². The zero-order valence-corrected chi connectivity index (χ0v) is 10.8. The second kappa shape index (κ2) is 5.46. The number of hydrogen-bond acceptors (Lipinski definition) is 3. The van der Waals surface area contributed by atoms with E-state index in [2.05, 4.69) is 31.5 Å². The number of amides is 1. The van der Waals surface area contributed by atoms with Crippen LogP contribution < -0.4 is 16.2 Å². The minimum Gasteiger partial charge on any atom is -0.326 e. The molecule has 0 bridgehead atoms. The summed E-state index contributed by atoms with van der Waals surface area (Å²) in [6.45, 7) is 1.64. The number of pyridine rings is 1. The summed E-state index contributed by atoms with van der Waals surface area (Å²) in [7, 11) is 0. The molecule has 0 radical (unpaired) electrons. The maximum absolute atomic E-state index is 11.9. The molecular formula is C11H14BrN3O2. The number of halogens is 1. The molecule has 2 heterocycles. The topological polar surface area (TPSA) is 74.0 Å². The molecule has 1 aliphatic rings. The normalized spacial score (nSPS) is 19.9. The first-order chi connectivity index (χ1) is 8.16. The summed E-state index contributed by atoms with van der Waals surface area (Å²) in [6, 6.07) is 1.60. The van der Waals surface area contributed by atoms with Crippen LogP contribution in [0.5, 0.6) is 0 Å². The van der Waals surface area contributed by atoms with Gasteiger partial charge in [-0.15, -0.1) is 0 Å². The zero-order chi connectivity index (χ0) is 12.3. The highest BCUT2D eigenvalue weighted by molar-refractivity contribution is 9.10. The van der Waals surface area contributed by atoms with Gasteiger partial charge in [0.2, 0.25) is 5.91 Å². The molecule has 1 saturated heterocycles. The van der Waals surface area contributed by atoms with Crippen LogP contribution in [-0.2, 0) is 4.79 Å². The van der Waals surface area contributed by atoms with Crippen molar-refractivity contribution in [3.63, 3.8) is 0 Å². The predicted octanol–water partition coefficient (Wildman–Crippen LogP) is 1.08. The number of nitrogens with one attached hydrogen (secondary N) is 3. The van der Waals surface area contributed by atoms with Gasteiger partial charge in [-0.1, -0.05) is 0 Å². The Hall–Kier alpha value is -1.14. The first kappa shape index (κ1) is 12.3. The van der Waals surface area contributed by atoms with E-state index in [0.29, 0.717) is 6.54 Å². The van der Waals surface area contributed by atoms with Gasteiger partial charge in [-0.25, -0.2) is 0 Å². The van der Waals surface area contributed by atoms with Crippen molar-refractivity contribution in [3.8, 4) is 0 Å². The summed E-state index contributed by atoms with van der Waals surface area (Å²) in [5.74, 6) is -0.150. The van der Waals surface area contributed by atoms with Gasteiger partial charge in [0.1, 0.15) is 5.69 Å². The van der Waals surface area contributed by atoms with Crippen LogP contribution in [0.25, 0.3) is 0 Å². The van der Waals surface area contributed by atoms with Gasteiger partial charge in [0.05, 0.1) is 5.92 Å². The Bertz CT molecular complexity index is 466. The van der Waals surface area contributed by atoms with Crippen molar-refractivity contribution in [2.45, 2.75) is 12.8 Å². The second-order valence-corrected chi connectivity index (χ2v) is 5.01. The second-order valence-electron chi connectivity index (χ2n) is 4.09. The molecule has 0 aromatic carbocycles. The number of piperidine rings is 1. The van der Waals surface area contributed by atoms with Crippen molar-refractivity contribution in [1.29, 1.82) is 0 Å². The van der Waals surface area contributed by atoms with Gasteiger partial charge in [-0.3, -0.25) is 9.59 Å². The Kier molecular flexibility index (Phi) is 3.96. The SMILES string of the molecule is O=C(Nc1cc(Br)c[nH]c1=O)C1CCCNC1. The molecule has 1 fully saturated rings. The fourth-order valence-electron chi connectivity index (χ4n) is 1.86. The summed E-state index contributed by atoms with van der Waals surface area (Å²) in [5.41, 5.74) is 0.000247. The van der Waals surface area contributed by atoms with Crippen LogP contribution in [0.3, 0.4) is 0 Å². The smallest absolute Gasteiger partial charge is 0.271 e. The van der Waals surface area contributed by atoms with Gasteiger partial charge in [-0.2, -0.15) is 0 Å². The van der Waals surface area contributed by atoms with Crippen LogP contribution in [-0.4, -0.2) is 24.0 Å². The molecule has 1 amide bonds. The quantitative estimate of drug-likeness (QED) is 0.765. The highest BCUT2D eigenvalue weighted by atomic mass is 79.9. The van der Waals surface area contributed by atoms with Crippen LogP contribution in [0.1, 0.15) is 12.8 Å². The van der Waals surface area contributed by atoms with Crippen LogP contribution in [0.2, 0.25) is 0 Å². The summed E-state index contributed by atoms with van der Waals surface area (Å²) in [5, 5.41) is 5.84. The molecule has 0 spiro atoms. The highest BCUT2D eigenvalue weighted by Gasteiger charge is 2.21. The standard InChI is InChI=1S/C11H14BrN3O2/c12-8-4-9(11(17)14-6-8)15-10(16)7-2-1-3-13-5-7/h4,6-7,13H,1-3,5H2,(H,14,17)(H,15,16). The number of carbonyl (C=O) groups is 1. The van der Waals surface area contributed by atoms with E-state index in [1.165, 1.54) is 0 Å². The van der Waals surface area contributed by atoms with Gasteiger partial charge in [0.25, 0.3) is 5.56 Å². The average molecular weight is 300 g/mol. The Morgan fingerprint density at radius 2 is 2.35 bits per heavy atom. The number of rotatable bonds is 2. The summed E-state index contributed by atoms with van der Waals surface area (Å²) < 4.78 is 0.731. The van der Waals surface area contributed by atoms with Crippen molar-refractivity contribution in [2.24, 2.45) is 5.92 Å². The predicted molar refractivity (Wildman–Crippen MR) is 69.0 cm³/mol. The molecule has 17 heavy (non-hydrogen) atoms. The number of hydrogen-bond donors (Lipinski definition) is 3. The molecule has 0 aliphatic carbocycles. The number of anilines is 1. The third kappa shape index (κ3) is 3.17. The number of aromatic amines is 1. The Labute approximate surface area is 107 Å². The molecule has 1 aromatic heterocycles. The Morgan fingerprint density at radius 3 is 3.06 bits per heavy atom. The van der Waals surface area contributed by atoms with Crippen LogP contribution in [0, 0.1) is 5.92 Å². The van der Waals surface area contributed by atoms with Crippen molar-refractivity contribution in [1.82, 2.24) is 10.3 Å². The molecule has 0 saturated carbocycles. The van der Waals surface area contributed by atoms with Crippen molar-refractivity contribution < 1.29 is 4.79 Å². The number of carbonyl (C=O) groups excluding carboxylic acids is 1. The third-order valence-corrected chi connectivity index (χ3v) is 3.25. The van der Waals surface area contributed by atoms with Gasteiger partial charge >= 0.3 is 0 Å². The highest BCUT2D eigenvalue weighted by Crippen LogP contribution is 2.14. The van der Waals surface area contributed by atoms with E-state index in [1.54, 1.807) is 12.3 Å². The largest absolute Gasteiger partial charge is 0.326 e. The van der Waals surface area contributed by atoms with E-state index >= 15 is 0 Å². The van der Waals surface area contributed by atoms with E-state index in [0.717, 1.165) is 23.9 Å².